The fourth-order valence-corrected chi connectivity index (χ4v) is 16.0. The zero-order chi connectivity index (χ0) is 37.3. The molecule has 0 saturated carbocycles. The Morgan fingerprint density at radius 3 is 0.547 bits per heavy atom. The lowest BCUT2D eigenvalue weighted by Gasteiger charge is -2.31. The lowest BCUT2D eigenvalue weighted by Crippen LogP contribution is -2.36. The fourth-order valence-electron chi connectivity index (χ4n) is 7.23. The molecule has 0 aliphatic rings. The van der Waals surface area contributed by atoms with Gasteiger partial charge in [0.25, 0.3) is 0 Å². The third kappa shape index (κ3) is 7.72. The molecule has 0 heterocycles. The second-order valence-corrected chi connectivity index (χ2v) is 19.8. The van der Waals surface area contributed by atoms with E-state index in [2.05, 4.69) is 146 Å². The molecule has 0 bridgehead atoms. The standard InChI is InChI=1S/C45H48O6P2/c1-46-34-8-20-40(21-9-34)52(41-22-10-35(47-2)11-23-41,42-24-12-36(48-3)13-25-42)32-7-33-53(43-26-14-37(49-4)15-27-43,44-28-16-38(50-5)17-29-44)45-30-18-39(51-6)19-31-45/h8-31H,7,32-33H2,1-6H3/q+2. The molecular weight excluding hydrogens is 698 g/mol. The Labute approximate surface area is 315 Å². The zero-order valence-electron chi connectivity index (χ0n) is 31.3. The smallest absolute Gasteiger partial charge is 0.119 e. The van der Waals surface area contributed by atoms with E-state index in [4.69, 9.17) is 28.4 Å². The van der Waals surface area contributed by atoms with Gasteiger partial charge in [0.05, 0.1) is 55.0 Å². The van der Waals surface area contributed by atoms with Gasteiger partial charge in [-0.05, 0) is 146 Å². The molecule has 0 radical (unpaired) electrons. The van der Waals surface area contributed by atoms with Gasteiger partial charge in [0.2, 0.25) is 0 Å². The molecular formula is C45H48O6P2+2. The minimum Gasteiger partial charge on any atom is -0.497 e. The molecule has 6 nitrogen and oxygen atoms in total. The molecule has 6 aromatic rings. The van der Waals surface area contributed by atoms with Crippen molar-refractivity contribution in [1.82, 2.24) is 0 Å². The van der Waals surface area contributed by atoms with E-state index >= 15 is 0 Å². The molecule has 0 fully saturated rings. The summed E-state index contributed by atoms with van der Waals surface area (Å²) < 4.78 is 33.8. The quantitative estimate of drug-likeness (QED) is 0.0963. The van der Waals surface area contributed by atoms with Crippen LogP contribution in [0.3, 0.4) is 0 Å². The first-order valence-electron chi connectivity index (χ1n) is 17.6. The number of benzene rings is 6. The molecule has 53 heavy (non-hydrogen) atoms. The molecule has 0 atom stereocenters. The molecule has 272 valence electrons. The van der Waals surface area contributed by atoms with Crippen LogP contribution in [0.4, 0.5) is 0 Å². The van der Waals surface area contributed by atoms with E-state index in [-0.39, 0.29) is 0 Å². The highest BCUT2D eigenvalue weighted by Gasteiger charge is 2.49. The SMILES string of the molecule is COc1ccc([P+](CCC[P+](c2ccc(OC)cc2)(c2ccc(OC)cc2)c2ccc(OC)cc2)(c2ccc(OC)cc2)c2ccc(OC)cc2)cc1. The number of hydrogen-bond donors (Lipinski definition) is 0. The van der Waals surface area contributed by atoms with E-state index in [0.717, 1.165) is 53.2 Å². The maximum atomic E-state index is 5.63. The van der Waals surface area contributed by atoms with Crippen molar-refractivity contribution in [2.24, 2.45) is 0 Å². The van der Waals surface area contributed by atoms with Crippen molar-refractivity contribution in [2.45, 2.75) is 6.42 Å². The van der Waals surface area contributed by atoms with Crippen LogP contribution in [0.1, 0.15) is 6.42 Å². The number of hydrogen-bond acceptors (Lipinski definition) is 6. The Morgan fingerprint density at radius 1 is 0.264 bits per heavy atom. The van der Waals surface area contributed by atoms with Gasteiger partial charge in [-0.1, -0.05) is 0 Å². The average molecular weight is 747 g/mol. The Morgan fingerprint density at radius 2 is 0.415 bits per heavy atom. The van der Waals surface area contributed by atoms with Crippen molar-refractivity contribution in [1.29, 1.82) is 0 Å². The first-order chi connectivity index (χ1) is 25.9. The number of ether oxygens (including phenoxy) is 6. The van der Waals surface area contributed by atoms with Gasteiger partial charge in [0.1, 0.15) is 80.8 Å². The maximum absolute atomic E-state index is 5.63. The van der Waals surface area contributed by atoms with Gasteiger partial charge in [-0.2, -0.15) is 0 Å². The third-order valence-electron chi connectivity index (χ3n) is 10.1. The van der Waals surface area contributed by atoms with Crippen LogP contribution in [-0.4, -0.2) is 55.0 Å². The van der Waals surface area contributed by atoms with Crippen LogP contribution in [0.15, 0.2) is 146 Å². The van der Waals surface area contributed by atoms with Crippen LogP contribution in [-0.2, 0) is 0 Å². The largest absolute Gasteiger partial charge is 0.497 e. The van der Waals surface area contributed by atoms with Crippen molar-refractivity contribution in [2.75, 3.05) is 55.0 Å². The van der Waals surface area contributed by atoms with E-state index in [0.29, 0.717) is 0 Å². The van der Waals surface area contributed by atoms with Crippen LogP contribution in [0.25, 0.3) is 0 Å². The van der Waals surface area contributed by atoms with Crippen molar-refractivity contribution in [3.63, 3.8) is 0 Å². The van der Waals surface area contributed by atoms with Crippen LogP contribution in [0.5, 0.6) is 34.5 Å². The van der Waals surface area contributed by atoms with Gasteiger partial charge in [0, 0.05) is 6.42 Å². The predicted octanol–water partition coefficient (Wildman–Crippen LogP) is 7.42. The highest BCUT2D eigenvalue weighted by atomic mass is 31.2. The molecule has 0 aliphatic carbocycles. The molecule has 6 aromatic carbocycles. The van der Waals surface area contributed by atoms with Crippen molar-refractivity contribution >= 4 is 46.4 Å². The molecule has 6 rings (SSSR count). The predicted molar refractivity (Wildman–Crippen MR) is 224 cm³/mol. The van der Waals surface area contributed by atoms with Crippen molar-refractivity contribution < 1.29 is 28.4 Å². The number of methoxy groups -OCH3 is 6. The molecule has 8 heteroatoms. The van der Waals surface area contributed by atoms with Gasteiger partial charge in [-0.25, -0.2) is 0 Å². The second-order valence-electron chi connectivity index (χ2n) is 12.6. The Hall–Kier alpha value is -5.02. The second kappa shape index (κ2) is 17.2. The van der Waals surface area contributed by atoms with Gasteiger partial charge >= 0.3 is 0 Å². The van der Waals surface area contributed by atoms with Gasteiger partial charge in [-0.15, -0.1) is 0 Å². The van der Waals surface area contributed by atoms with Crippen LogP contribution in [0.2, 0.25) is 0 Å². The summed E-state index contributed by atoms with van der Waals surface area (Å²) in [7, 11) is 5.78. The molecule has 0 amide bonds. The van der Waals surface area contributed by atoms with E-state index in [9.17, 15) is 0 Å². The van der Waals surface area contributed by atoms with Gasteiger partial charge < -0.3 is 28.4 Å². The average Bonchev–Trinajstić information content (AvgIpc) is 3.24. The summed E-state index contributed by atoms with van der Waals surface area (Å²) in [5.41, 5.74) is 0. The first-order valence-corrected chi connectivity index (χ1v) is 21.5. The molecule has 0 aromatic heterocycles. The lowest BCUT2D eigenvalue weighted by molar-refractivity contribution is 0.415. The normalized spacial score (nSPS) is 11.4. The monoisotopic (exact) mass is 746 g/mol. The van der Waals surface area contributed by atoms with Crippen molar-refractivity contribution in [3.8, 4) is 34.5 Å². The Bertz CT molecular complexity index is 1650. The summed E-state index contributed by atoms with van der Waals surface area (Å²) in [6.45, 7) is 0. The Kier molecular flexibility index (Phi) is 12.2. The minimum absolute atomic E-state index is 0.833. The zero-order valence-corrected chi connectivity index (χ0v) is 33.1. The first kappa shape index (κ1) is 37.7. The fraction of sp³-hybridized carbons (Fsp3) is 0.200. The molecule has 0 N–H and O–H groups in total. The molecule has 0 saturated heterocycles. The summed E-state index contributed by atoms with van der Waals surface area (Å²) in [4.78, 5) is 0. The van der Waals surface area contributed by atoms with Gasteiger partial charge in [0.15, 0.2) is 0 Å². The highest BCUT2D eigenvalue weighted by Crippen LogP contribution is 2.60. The molecule has 0 unspecified atom stereocenters. The van der Waals surface area contributed by atoms with E-state index in [1.807, 2.05) is 0 Å². The van der Waals surface area contributed by atoms with E-state index in [1.165, 1.54) is 31.8 Å². The van der Waals surface area contributed by atoms with Gasteiger partial charge in [-0.3, -0.25) is 0 Å². The van der Waals surface area contributed by atoms with Crippen LogP contribution in [0, 0.1) is 0 Å². The molecule has 0 aliphatic heterocycles. The van der Waals surface area contributed by atoms with Crippen LogP contribution >= 0.6 is 14.5 Å². The highest BCUT2D eigenvalue weighted by molar-refractivity contribution is 7.96. The third-order valence-corrected chi connectivity index (χ3v) is 19.1. The summed E-state index contributed by atoms with van der Waals surface area (Å²) in [6.07, 6.45) is 2.81. The van der Waals surface area contributed by atoms with Crippen molar-refractivity contribution in [3.05, 3.63) is 146 Å². The topological polar surface area (TPSA) is 55.4 Å². The Balaban J connectivity index is 1.55. The minimum atomic E-state index is -2.25. The summed E-state index contributed by atoms with van der Waals surface area (Å²) >= 11 is 0. The van der Waals surface area contributed by atoms with E-state index < -0.39 is 14.5 Å². The van der Waals surface area contributed by atoms with Crippen LogP contribution < -0.4 is 60.2 Å². The van der Waals surface area contributed by atoms with E-state index in [1.54, 1.807) is 42.7 Å². The lowest BCUT2D eigenvalue weighted by atomic mass is 10.3. The number of rotatable bonds is 16. The maximum Gasteiger partial charge on any atom is 0.119 e. The summed E-state index contributed by atoms with van der Waals surface area (Å²) in [5.74, 6) is 5.00. The summed E-state index contributed by atoms with van der Waals surface area (Å²) in [5, 5.41) is 7.73. The summed E-state index contributed by atoms with van der Waals surface area (Å²) in [6, 6.07) is 52.0. The molecule has 0 spiro atoms.